The van der Waals surface area contributed by atoms with Crippen LogP contribution >= 0.6 is 0 Å². The number of furan rings is 1. The summed E-state index contributed by atoms with van der Waals surface area (Å²) in [4.78, 5) is 5.27. The second kappa shape index (κ2) is 16.7. The fourth-order valence-electron chi connectivity index (χ4n) is 15.9. The van der Waals surface area contributed by atoms with E-state index >= 15 is 0 Å². The minimum absolute atomic E-state index is 0.0190. The van der Waals surface area contributed by atoms with Gasteiger partial charge in [-0.3, -0.25) is 0 Å². The number of hydrogen-bond acceptors (Lipinski definition) is 3. The third-order valence-corrected chi connectivity index (χ3v) is 20.6. The molecule has 0 spiro atoms. The number of hydrogen-bond donors (Lipinski definition) is 0. The monoisotopic (exact) mass is 1070 g/mol. The molecule has 0 fully saturated rings. The molecule has 0 bridgehead atoms. The van der Waals surface area contributed by atoms with Gasteiger partial charge in [0, 0.05) is 55.2 Å². The van der Waals surface area contributed by atoms with E-state index in [0.29, 0.717) is 0 Å². The summed E-state index contributed by atoms with van der Waals surface area (Å²) in [5, 5.41) is 2.26. The van der Waals surface area contributed by atoms with Gasteiger partial charge < -0.3 is 14.2 Å². The molecular formula is C79H76N2O. The molecule has 3 heterocycles. The summed E-state index contributed by atoms with van der Waals surface area (Å²) in [7, 11) is 0. The Balaban J connectivity index is 1.01. The van der Waals surface area contributed by atoms with Gasteiger partial charge in [-0.25, -0.2) is 0 Å². The van der Waals surface area contributed by atoms with E-state index in [0.717, 1.165) is 34.0 Å². The molecular weight excluding hydrogens is 993 g/mol. The molecule has 0 N–H and O–H groups in total. The zero-order valence-corrected chi connectivity index (χ0v) is 50.8. The maximum atomic E-state index is 7.09. The topological polar surface area (TPSA) is 19.6 Å². The summed E-state index contributed by atoms with van der Waals surface area (Å²) in [6.45, 7) is 36.0. The van der Waals surface area contributed by atoms with E-state index in [4.69, 9.17) is 4.42 Å². The standard InChI is InChI=1S/C79H76N2O/c1-45-37-67-71-68(38-45)81(65-25-20-22-53-52-21-16-19-26-69(52)82-73(53)65)66-44-64-59(78(12,13)62-42-60-61(43-63(62)79(64,14)15)77(10,11)58-24-18-17-23-57(58)76(60,8)9)41-55(66)70(71)56-39-48-29-34-50(75(5,6)7)40-54(48)72(56)80(67)51-35-30-47(31-36-51)46-27-32-49(33-28-46)74(2,3)4/h16-38,40-44,70H,39H2,1-15H3. The molecule has 1 unspecified atom stereocenters. The van der Waals surface area contributed by atoms with Crippen LogP contribution in [0.4, 0.5) is 28.4 Å². The van der Waals surface area contributed by atoms with Gasteiger partial charge in [-0.2, -0.15) is 0 Å². The van der Waals surface area contributed by atoms with Gasteiger partial charge in [0.15, 0.2) is 5.58 Å². The molecule has 0 saturated carbocycles. The fraction of sp³-hybridized carbons (Fsp3) is 0.291. The Bertz CT molecular complexity index is 4440. The van der Waals surface area contributed by atoms with Crippen molar-refractivity contribution in [3.05, 3.63) is 259 Å². The largest absolute Gasteiger partial charge is 0.454 e. The second-order valence-corrected chi connectivity index (χ2v) is 29.1. The maximum absolute atomic E-state index is 7.09. The van der Waals surface area contributed by atoms with Gasteiger partial charge in [0.2, 0.25) is 0 Å². The molecule has 5 aliphatic rings. The van der Waals surface area contributed by atoms with Gasteiger partial charge >= 0.3 is 0 Å². The first-order valence-corrected chi connectivity index (χ1v) is 30.1. The first-order valence-electron chi connectivity index (χ1n) is 30.1. The predicted octanol–water partition coefficient (Wildman–Crippen LogP) is 21.1. The van der Waals surface area contributed by atoms with Crippen molar-refractivity contribution < 1.29 is 4.42 Å². The molecule has 2 aliphatic heterocycles. The SMILES string of the molecule is Cc1cc2c3c(c1)N(c1cccc4c1oc1ccccc14)c1cc4c(cc1C3C1=C(c3cc(C(C)(C)C)ccc3C1)N2c1ccc(-c2ccc(C(C)(C)C)cc2)cc1)C(C)(C)c1cc2c(cc1C4(C)C)C(C)(C)c1ccccc1C2(C)C. The third kappa shape index (κ3) is 6.95. The summed E-state index contributed by atoms with van der Waals surface area (Å²) in [6.07, 6.45) is 0.868. The Kier molecular flexibility index (Phi) is 10.4. The zero-order valence-electron chi connectivity index (χ0n) is 50.8. The molecule has 9 aromatic carbocycles. The van der Waals surface area contributed by atoms with Crippen molar-refractivity contribution >= 4 is 56.1 Å². The van der Waals surface area contributed by atoms with Crippen LogP contribution in [0, 0.1) is 6.92 Å². The van der Waals surface area contributed by atoms with E-state index in [1.807, 2.05) is 0 Å². The van der Waals surface area contributed by atoms with E-state index in [2.05, 4.69) is 284 Å². The number of nitrogens with zero attached hydrogens (tertiary/aromatic N) is 2. The van der Waals surface area contributed by atoms with Crippen molar-refractivity contribution in [2.24, 2.45) is 0 Å². The Hall–Kier alpha value is -7.88. The summed E-state index contributed by atoms with van der Waals surface area (Å²) < 4.78 is 7.09. The molecule has 1 atom stereocenters. The molecule has 408 valence electrons. The molecule has 0 amide bonds. The number of anilines is 5. The van der Waals surface area contributed by atoms with Crippen molar-refractivity contribution in [1.29, 1.82) is 0 Å². The molecule has 3 aliphatic carbocycles. The molecule has 15 rings (SSSR count). The zero-order chi connectivity index (χ0) is 57.1. The second-order valence-electron chi connectivity index (χ2n) is 29.1. The number of para-hydroxylation sites is 2. The molecule has 3 heteroatoms. The highest BCUT2D eigenvalue weighted by atomic mass is 16.3. The van der Waals surface area contributed by atoms with Crippen molar-refractivity contribution in [3.63, 3.8) is 0 Å². The molecule has 3 nitrogen and oxygen atoms in total. The van der Waals surface area contributed by atoms with Crippen molar-refractivity contribution in [1.82, 2.24) is 0 Å². The summed E-state index contributed by atoms with van der Waals surface area (Å²) in [6, 6.07) is 66.1. The number of fused-ring (bicyclic) bond motifs is 12. The number of benzene rings is 9. The van der Waals surface area contributed by atoms with Crippen LogP contribution in [0.15, 0.2) is 180 Å². The Morgan fingerprint density at radius 1 is 0.439 bits per heavy atom. The van der Waals surface area contributed by atoms with E-state index in [9.17, 15) is 0 Å². The first kappa shape index (κ1) is 51.0. The first-order chi connectivity index (χ1) is 38.8. The van der Waals surface area contributed by atoms with Crippen LogP contribution < -0.4 is 9.80 Å². The number of allylic oxidation sites excluding steroid dienone is 1. The van der Waals surface area contributed by atoms with E-state index < -0.39 is 0 Å². The van der Waals surface area contributed by atoms with Gasteiger partial charge in [-0.1, -0.05) is 218 Å². The minimum atomic E-state index is -0.335. The van der Waals surface area contributed by atoms with Crippen LogP contribution in [0.25, 0.3) is 38.8 Å². The minimum Gasteiger partial charge on any atom is -0.454 e. The van der Waals surface area contributed by atoms with Crippen LogP contribution in [0.5, 0.6) is 0 Å². The van der Waals surface area contributed by atoms with Crippen LogP contribution in [-0.4, -0.2) is 0 Å². The number of rotatable bonds is 3. The third-order valence-electron chi connectivity index (χ3n) is 20.6. The van der Waals surface area contributed by atoms with Crippen LogP contribution in [0.3, 0.4) is 0 Å². The van der Waals surface area contributed by atoms with Gasteiger partial charge in [0.25, 0.3) is 0 Å². The lowest BCUT2D eigenvalue weighted by Gasteiger charge is -2.50. The van der Waals surface area contributed by atoms with Crippen LogP contribution in [0.2, 0.25) is 0 Å². The average molecular weight is 1070 g/mol. The predicted molar refractivity (Wildman–Crippen MR) is 345 cm³/mol. The lowest BCUT2D eigenvalue weighted by Crippen LogP contribution is -2.41. The lowest BCUT2D eigenvalue weighted by molar-refractivity contribution is 0.491. The number of aryl methyl sites for hydroxylation is 1. The van der Waals surface area contributed by atoms with Crippen LogP contribution in [0.1, 0.15) is 186 Å². The molecule has 0 saturated heterocycles. The Morgan fingerprint density at radius 3 is 1.56 bits per heavy atom. The van der Waals surface area contributed by atoms with Crippen molar-refractivity contribution in [3.8, 4) is 11.1 Å². The highest BCUT2D eigenvalue weighted by Crippen LogP contribution is 2.65. The molecule has 82 heavy (non-hydrogen) atoms. The summed E-state index contributed by atoms with van der Waals surface area (Å²) in [5.74, 6) is -0.0190. The fourth-order valence-corrected chi connectivity index (χ4v) is 15.9. The molecule has 10 aromatic rings. The smallest absolute Gasteiger partial charge is 0.159 e. The summed E-state index contributed by atoms with van der Waals surface area (Å²) in [5.41, 5.74) is 32.8. The lowest BCUT2D eigenvalue weighted by atomic mass is 9.54. The van der Waals surface area contributed by atoms with Gasteiger partial charge in [-0.05, 0) is 162 Å². The van der Waals surface area contributed by atoms with Crippen molar-refractivity contribution in [2.75, 3.05) is 9.80 Å². The van der Waals surface area contributed by atoms with Crippen LogP contribution in [-0.2, 0) is 38.9 Å². The van der Waals surface area contributed by atoms with E-state index in [1.54, 1.807) is 0 Å². The van der Waals surface area contributed by atoms with Gasteiger partial charge in [0.1, 0.15) is 5.58 Å². The highest BCUT2D eigenvalue weighted by molar-refractivity contribution is 6.12. The van der Waals surface area contributed by atoms with Gasteiger partial charge in [0.05, 0.1) is 28.4 Å². The quantitative estimate of drug-likeness (QED) is 0.176. The highest BCUT2D eigenvalue weighted by Gasteiger charge is 2.51. The van der Waals surface area contributed by atoms with Crippen molar-refractivity contribution in [2.45, 2.75) is 149 Å². The normalized spacial score (nSPS) is 18.3. The Labute approximate surface area is 486 Å². The molecule has 0 radical (unpaired) electrons. The Morgan fingerprint density at radius 2 is 0.951 bits per heavy atom. The summed E-state index contributed by atoms with van der Waals surface area (Å²) >= 11 is 0. The van der Waals surface area contributed by atoms with E-state index in [1.165, 1.54) is 129 Å². The van der Waals surface area contributed by atoms with E-state index in [-0.39, 0.29) is 38.4 Å². The molecule has 1 aromatic heterocycles. The van der Waals surface area contributed by atoms with Gasteiger partial charge in [-0.15, -0.1) is 0 Å². The average Bonchev–Trinajstić information content (AvgIpc) is 3.75. The maximum Gasteiger partial charge on any atom is 0.159 e.